The number of hydrogen-bond acceptors (Lipinski definition) is 6. The third-order valence-corrected chi connectivity index (χ3v) is 5.03. The van der Waals surface area contributed by atoms with E-state index in [9.17, 15) is 16.8 Å². The van der Waals surface area contributed by atoms with E-state index in [4.69, 9.17) is 10.5 Å². The minimum atomic E-state index is -3.31. The Morgan fingerprint density at radius 1 is 1.14 bits per heavy atom. The molecule has 0 aromatic rings. The minimum absolute atomic E-state index is 0.169. The van der Waals surface area contributed by atoms with Crippen LogP contribution in [0.15, 0.2) is 25.3 Å². The van der Waals surface area contributed by atoms with Gasteiger partial charge in [0.25, 0.3) is 0 Å². The first-order chi connectivity index (χ1) is 9.85. The molecule has 1 unspecified atom stereocenters. The summed E-state index contributed by atoms with van der Waals surface area (Å²) in [6, 6.07) is 3.28. The Morgan fingerprint density at radius 3 is 1.59 bits per heavy atom. The average molecular weight is 413 g/mol. The summed E-state index contributed by atoms with van der Waals surface area (Å²) < 4.78 is 40.7. The van der Waals surface area contributed by atoms with Gasteiger partial charge < -0.3 is 0 Å². The van der Waals surface area contributed by atoms with Crippen molar-refractivity contribution >= 4 is 35.6 Å². The van der Waals surface area contributed by atoms with E-state index in [1.807, 2.05) is 0 Å². The van der Waals surface area contributed by atoms with Crippen LogP contribution in [-0.2, 0) is 19.7 Å². The van der Waals surface area contributed by atoms with Crippen LogP contribution < -0.4 is 0 Å². The molecular formula is C13H21BrN2O4S2. The van der Waals surface area contributed by atoms with Crippen molar-refractivity contribution in [1.82, 2.24) is 0 Å². The summed E-state index contributed by atoms with van der Waals surface area (Å²) in [7, 11) is -6.34. The lowest BCUT2D eigenvalue weighted by Gasteiger charge is -2.16. The normalized spacial score (nSPS) is 12.6. The summed E-state index contributed by atoms with van der Waals surface area (Å²) in [6.45, 7) is 8.22. The van der Waals surface area contributed by atoms with E-state index in [2.05, 4.69) is 29.1 Å². The van der Waals surface area contributed by atoms with Crippen molar-refractivity contribution in [3.63, 3.8) is 0 Å². The number of hydrogen-bond donors (Lipinski definition) is 0. The van der Waals surface area contributed by atoms with Crippen molar-refractivity contribution in [2.45, 2.75) is 18.1 Å². The maximum absolute atomic E-state index is 11.0. The second-order valence-corrected chi connectivity index (χ2v) is 9.51. The van der Waals surface area contributed by atoms with Crippen LogP contribution in [0.3, 0.4) is 0 Å². The van der Waals surface area contributed by atoms with Crippen molar-refractivity contribution in [2.24, 2.45) is 0 Å². The predicted octanol–water partition coefficient (Wildman–Crippen LogP) is 2.01. The second kappa shape index (κ2) is 12.4. The van der Waals surface area contributed by atoms with Gasteiger partial charge in [0, 0.05) is 17.8 Å². The highest BCUT2D eigenvalue weighted by Gasteiger charge is 2.34. The van der Waals surface area contributed by atoms with E-state index in [1.165, 1.54) is 19.1 Å². The lowest BCUT2D eigenvalue weighted by atomic mass is 10.1. The van der Waals surface area contributed by atoms with Crippen molar-refractivity contribution in [3.8, 4) is 12.1 Å². The maximum Gasteiger partial charge on any atom is 0.166 e. The Morgan fingerprint density at radius 2 is 1.55 bits per heavy atom. The number of nitriles is 2. The minimum Gasteiger partial charge on any atom is -0.228 e. The lowest BCUT2D eigenvalue weighted by Crippen LogP contribution is -2.31. The fourth-order valence-electron chi connectivity index (χ4n) is 0.673. The standard InChI is InChI=1S/C7H11NO2S.C3H5Br.C3H5NO2S/c1-4-5-7(2,6-8)11(3,9)10;1-2-3-4;1-7(5,6)3-2-4/h4H,1,5H2,2-3H3;2H,1,3H2;3H2,1H3. The molecule has 0 bridgehead atoms. The Kier molecular flexibility index (Phi) is 14.5. The Labute approximate surface area is 142 Å². The summed E-state index contributed by atoms with van der Waals surface area (Å²) in [5.74, 6) is -0.382. The largest absolute Gasteiger partial charge is 0.228 e. The third kappa shape index (κ3) is 15.2. The molecule has 0 aliphatic heterocycles. The highest BCUT2D eigenvalue weighted by atomic mass is 79.9. The summed E-state index contributed by atoms with van der Waals surface area (Å²) in [5.41, 5.74) is 0. The van der Waals surface area contributed by atoms with Gasteiger partial charge in [-0.05, 0) is 13.3 Å². The zero-order valence-electron chi connectivity index (χ0n) is 12.9. The van der Waals surface area contributed by atoms with Crippen LogP contribution in [0, 0.1) is 22.7 Å². The SMILES string of the molecule is C=CCBr.C=CCC(C)(C#N)S(C)(=O)=O.CS(=O)(=O)CC#N. The fraction of sp³-hybridized carbons (Fsp3) is 0.538. The fourth-order valence-corrected chi connectivity index (χ4v) is 1.49. The first-order valence-corrected chi connectivity index (χ1v) is 10.9. The molecule has 0 spiro atoms. The van der Waals surface area contributed by atoms with Gasteiger partial charge in [-0.2, -0.15) is 10.5 Å². The van der Waals surface area contributed by atoms with Crippen molar-refractivity contribution in [3.05, 3.63) is 25.3 Å². The average Bonchev–Trinajstić information content (AvgIpc) is 2.37. The summed E-state index contributed by atoms with van der Waals surface area (Å²) in [5, 5.41) is 17.2. The quantitative estimate of drug-likeness (QED) is 0.503. The molecule has 0 saturated heterocycles. The van der Waals surface area contributed by atoms with Crippen molar-refractivity contribution < 1.29 is 16.8 Å². The van der Waals surface area contributed by atoms with Gasteiger partial charge in [0.05, 0.1) is 12.1 Å². The second-order valence-electron chi connectivity index (χ2n) is 4.28. The van der Waals surface area contributed by atoms with Crippen LogP contribution in [0.4, 0.5) is 0 Å². The highest BCUT2D eigenvalue weighted by Crippen LogP contribution is 2.19. The van der Waals surface area contributed by atoms with Gasteiger partial charge >= 0.3 is 0 Å². The van der Waals surface area contributed by atoms with Gasteiger partial charge in [-0.1, -0.05) is 28.1 Å². The van der Waals surface area contributed by atoms with E-state index in [1.54, 1.807) is 12.1 Å². The number of allylic oxidation sites excluding steroid dienone is 2. The Hall–Kier alpha value is -1.16. The molecule has 1 atom stereocenters. The first kappa shape index (κ1) is 25.8. The monoisotopic (exact) mass is 412 g/mol. The van der Waals surface area contributed by atoms with E-state index in [0.29, 0.717) is 0 Å². The van der Waals surface area contributed by atoms with Gasteiger partial charge in [0.1, 0.15) is 5.75 Å². The predicted molar refractivity (Wildman–Crippen MR) is 93.0 cm³/mol. The molecule has 9 heteroatoms. The number of alkyl halides is 1. The molecule has 0 fully saturated rings. The topological polar surface area (TPSA) is 116 Å². The van der Waals surface area contributed by atoms with Crippen molar-refractivity contribution in [1.29, 1.82) is 10.5 Å². The molecule has 0 heterocycles. The Bertz CT molecular complexity index is 628. The molecule has 0 rings (SSSR count). The van der Waals surface area contributed by atoms with E-state index < -0.39 is 24.4 Å². The third-order valence-electron chi connectivity index (χ3n) is 2.02. The summed E-state index contributed by atoms with van der Waals surface area (Å²) in [4.78, 5) is 0. The van der Waals surface area contributed by atoms with Crippen LogP contribution in [-0.4, -0.2) is 45.2 Å². The van der Waals surface area contributed by atoms with Gasteiger partial charge in [0.15, 0.2) is 24.4 Å². The molecule has 0 aromatic heterocycles. The van der Waals surface area contributed by atoms with Gasteiger partial charge in [-0.15, -0.1) is 13.2 Å². The van der Waals surface area contributed by atoms with Crippen LogP contribution in [0.2, 0.25) is 0 Å². The molecule has 0 amide bonds. The van der Waals surface area contributed by atoms with E-state index >= 15 is 0 Å². The lowest BCUT2D eigenvalue weighted by molar-refractivity contribution is 0.572. The van der Waals surface area contributed by atoms with E-state index in [0.717, 1.165) is 17.8 Å². The number of sulfone groups is 2. The molecule has 0 aliphatic carbocycles. The highest BCUT2D eigenvalue weighted by molar-refractivity contribution is 9.09. The molecule has 6 nitrogen and oxygen atoms in total. The van der Waals surface area contributed by atoms with Crippen LogP contribution in [0.1, 0.15) is 13.3 Å². The maximum atomic E-state index is 11.0. The van der Waals surface area contributed by atoms with Gasteiger partial charge in [-0.3, -0.25) is 0 Å². The molecule has 0 radical (unpaired) electrons. The first-order valence-electron chi connectivity index (χ1n) is 5.78. The summed E-state index contributed by atoms with van der Waals surface area (Å²) >= 11 is 3.13. The van der Waals surface area contributed by atoms with Gasteiger partial charge in [0.2, 0.25) is 0 Å². The molecule has 0 aliphatic rings. The molecule has 0 N–H and O–H groups in total. The van der Waals surface area contributed by atoms with E-state index in [-0.39, 0.29) is 12.2 Å². The zero-order chi connectivity index (χ0) is 18.4. The van der Waals surface area contributed by atoms with Crippen LogP contribution >= 0.6 is 15.9 Å². The number of nitrogens with zero attached hydrogens (tertiary/aromatic N) is 2. The molecule has 22 heavy (non-hydrogen) atoms. The summed E-state index contributed by atoms with van der Waals surface area (Å²) in [6.07, 6.45) is 5.47. The molecular weight excluding hydrogens is 392 g/mol. The molecule has 126 valence electrons. The number of rotatable bonds is 5. The molecule has 0 saturated carbocycles. The smallest absolute Gasteiger partial charge is 0.166 e. The van der Waals surface area contributed by atoms with Gasteiger partial charge in [-0.25, -0.2) is 16.8 Å². The Balaban J connectivity index is -0.000000280. The van der Waals surface area contributed by atoms with Crippen LogP contribution in [0.5, 0.6) is 0 Å². The van der Waals surface area contributed by atoms with Crippen molar-refractivity contribution in [2.75, 3.05) is 23.6 Å². The molecule has 0 aromatic carbocycles. The zero-order valence-corrected chi connectivity index (χ0v) is 16.1. The van der Waals surface area contributed by atoms with Crippen LogP contribution in [0.25, 0.3) is 0 Å². The number of halogens is 1.